The van der Waals surface area contributed by atoms with Gasteiger partial charge in [-0.2, -0.15) is 0 Å². The average molecular weight is 124 g/mol. The monoisotopic (exact) mass is 124 g/mol. The van der Waals surface area contributed by atoms with Crippen molar-refractivity contribution in [2.24, 2.45) is 0 Å². The fraction of sp³-hybridized carbons (Fsp3) is 0. The van der Waals surface area contributed by atoms with Crippen molar-refractivity contribution in [1.29, 1.82) is 0 Å². The molecule has 0 aliphatic heterocycles. The maximum atomic E-state index is 9.40. The van der Waals surface area contributed by atoms with Crippen LogP contribution >= 0.6 is 12.2 Å². The Hall–Kier alpha value is -0.160. The number of hydrogen-bond donors (Lipinski definition) is 2. The van der Waals surface area contributed by atoms with Gasteiger partial charge in [0.2, 0.25) is 10.9 Å². The third-order valence-corrected chi connectivity index (χ3v) is 0.685. The highest BCUT2D eigenvalue weighted by molar-refractivity contribution is 7.80. The summed E-state index contributed by atoms with van der Waals surface area (Å²) in [4.78, 5) is 0. The fourth-order valence-corrected chi connectivity index (χ4v) is 0.335. The topological polar surface area (TPSA) is 46.2 Å². The van der Waals surface area contributed by atoms with E-state index in [1.807, 2.05) is 0 Å². The summed E-state index contributed by atoms with van der Waals surface area (Å²) >= 11 is 3.98. The second-order valence-electron chi connectivity index (χ2n) is 0.471. The van der Waals surface area contributed by atoms with Gasteiger partial charge in [0, 0.05) is 0 Å². The summed E-state index contributed by atoms with van der Waals surface area (Å²) in [5, 5.41) is 0. The average Bonchev–Trinajstić information content (AvgIpc) is 1.35. The van der Waals surface area contributed by atoms with Crippen LogP contribution in [0.1, 0.15) is 0 Å². The lowest BCUT2D eigenvalue weighted by Gasteiger charge is -1.71. The molecule has 0 aromatic heterocycles. The molecule has 0 fully saturated rings. The number of hydrogen-bond acceptors (Lipinski definition) is 3. The Labute approximate surface area is 42.4 Å². The van der Waals surface area contributed by atoms with E-state index in [4.69, 9.17) is 0 Å². The second kappa shape index (κ2) is 3.05. The molecule has 0 aromatic carbocycles. The molecule has 0 aliphatic carbocycles. The summed E-state index contributed by atoms with van der Waals surface area (Å²) < 4.78 is 20.5. The van der Waals surface area contributed by atoms with Crippen molar-refractivity contribution in [2.45, 2.75) is 0 Å². The first-order valence-corrected chi connectivity index (χ1v) is 2.63. The van der Waals surface area contributed by atoms with E-state index in [1.54, 1.807) is 10.2 Å². The first-order valence-electron chi connectivity index (χ1n) is 1.04. The molecule has 0 heterocycles. The van der Waals surface area contributed by atoms with Gasteiger partial charge in [0.1, 0.15) is 5.49 Å². The number of rotatable bonds is 2. The highest BCUT2D eigenvalue weighted by Gasteiger charge is 1.66. The van der Waals surface area contributed by atoms with Crippen LogP contribution in [0.25, 0.3) is 0 Å². The van der Waals surface area contributed by atoms with Crippen molar-refractivity contribution < 1.29 is 8.42 Å². The number of nitrogens with one attached hydrogen (secondary N) is 1. The lowest BCUT2D eigenvalue weighted by Crippen LogP contribution is -2.04. The Balaban J connectivity index is 3.32. The number of thiol groups is 1. The van der Waals surface area contributed by atoms with E-state index >= 15 is 0 Å². The molecular formula is CH2NO2S2. The standard InChI is InChI=1S/CH2NO2S2/c3-6(4)2-1-5/h6H,(H,2,3,4,5). The van der Waals surface area contributed by atoms with E-state index in [2.05, 4.69) is 12.2 Å². The zero-order valence-corrected chi connectivity index (χ0v) is 4.38. The normalized spacial score (nSPS) is 8.17. The van der Waals surface area contributed by atoms with E-state index in [9.17, 15) is 8.42 Å². The first-order chi connectivity index (χ1) is 2.77. The fourth-order valence-electron chi connectivity index (χ4n) is 0.0373. The maximum Gasteiger partial charge on any atom is 0.223 e. The van der Waals surface area contributed by atoms with Gasteiger partial charge < -0.3 is 0 Å². The highest BCUT2D eigenvalue weighted by Crippen LogP contribution is 1.42. The van der Waals surface area contributed by atoms with Crippen LogP contribution in [0.15, 0.2) is 0 Å². The van der Waals surface area contributed by atoms with Crippen molar-refractivity contribution in [3.63, 3.8) is 0 Å². The lowest BCUT2D eigenvalue weighted by molar-refractivity contribution is 0.612. The summed E-state index contributed by atoms with van der Waals surface area (Å²) in [6.07, 6.45) is 0. The second-order valence-corrected chi connectivity index (χ2v) is 1.41. The molecule has 5 heteroatoms. The summed E-state index contributed by atoms with van der Waals surface area (Å²) in [6, 6.07) is 0. The zero-order chi connectivity index (χ0) is 4.99. The van der Waals surface area contributed by atoms with E-state index in [1.165, 1.54) is 0 Å². The Morgan fingerprint density at radius 1 is 1.67 bits per heavy atom. The van der Waals surface area contributed by atoms with Gasteiger partial charge in [-0.1, -0.05) is 12.2 Å². The molecule has 1 radical (unpaired) electrons. The predicted molar refractivity (Wildman–Crippen MR) is 26.0 cm³/mol. The van der Waals surface area contributed by atoms with Crippen molar-refractivity contribution in [3.8, 4) is 0 Å². The van der Waals surface area contributed by atoms with Gasteiger partial charge >= 0.3 is 0 Å². The van der Waals surface area contributed by atoms with Crippen molar-refractivity contribution >= 4 is 28.6 Å². The summed E-state index contributed by atoms with van der Waals surface area (Å²) in [7, 11) is -2.57. The molecule has 0 bridgehead atoms. The molecule has 0 spiro atoms. The van der Waals surface area contributed by atoms with Gasteiger partial charge in [0.15, 0.2) is 0 Å². The maximum absolute atomic E-state index is 9.40. The molecule has 0 saturated carbocycles. The third-order valence-electron chi connectivity index (χ3n) is 0.137. The molecular weight excluding hydrogens is 122 g/mol. The molecule has 0 saturated heterocycles. The van der Waals surface area contributed by atoms with Crippen LogP contribution in [0.2, 0.25) is 0 Å². The largest absolute Gasteiger partial charge is 0.273 e. The molecule has 0 aliphatic rings. The van der Waals surface area contributed by atoms with Crippen molar-refractivity contribution in [1.82, 2.24) is 4.72 Å². The summed E-state index contributed by atoms with van der Waals surface area (Å²) in [6.45, 7) is 0. The van der Waals surface area contributed by atoms with Gasteiger partial charge in [-0.15, -0.1) is 0 Å². The molecule has 0 atom stereocenters. The third kappa shape index (κ3) is 3.84. The van der Waals surface area contributed by atoms with Crippen LogP contribution in [0.5, 0.6) is 0 Å². The predicted octanol–water partition coefficient (Wildman–Crippen LogP) is -1.06. The van der Waals surface area contributed by atoms with Gasteiger partial charge in [-0.05, 0) is 0 Å². The first kappa shape index (κ1) is 5.84. The summed E-state index contributed by atoms with van der Waals surface area (Å²) in [5.74, 6) is 0. The quantitative estimate of drug-likeness (QED) is 0.280. The van der Waals surface area contributed by atoms with Crippen LogP contribution in [-0.2, 0) is 10.9 Å². The minimum atomic E-state index is -2.57. The van der Waals surface area contributed by atoms with Gasteiger partial charge in [-0.25, -0.2) is 8.42 Å². The Bertz CT molecular complexity index is 98.1. The molecule has 0 unspecified atom stereocenters. The van der Waals surface area contributed by atoms with Crippen molar-refractivity contribution in [3.05, 3.63) is 0 Å². The van der Waals surface area contributed by atoms with Crippen LogP contribution in [0.4, 0.5) is 0 Å². The molecule has 3 nitrogen and oxygen atoms in total. The van der Waals surface area contributed by atoms with Crippen LogP contribution < -0.4 is 4.72 Å². The molecule has 6 heavy (non-hydrogen) atoms. The smallest absolute Gasteiger partial charge is 0.223 e. The Morgan fingerprint density at radius 2 is 2.17 bits per heavy atom. The van der Waals surface area contributed by atoms with E-state index in [0.717, 1.165) is 0 Å². The molecule has 1 N–H and O–H groups in total. The van der Waals surface area contributed by atoms with Gasteiger partial charge in [0.25, 0.3) is 0 Å². The van der Waals surface area contributed by atoms with Crippen LogP contribution in [0.3, 0.4) is 0 Å². The minimum Gasteiger partial charge on any atom is -0.273 e. The van der Waals surface area contributed by atoms with Crippen LogP contribution in [0, 0.1) is 0 Å². The Kier molecular flexibility index (Phi) is 2.97. The lowest BCUT2D eigenvalue weighted by atomic mass is 11.6. The molecule has 0 rings (SSSR count). The zero-order valence-electron chi connectivity index (χ0n) is 2.67. The minimum absolute atomic E-state index is 1.73. The molecule has 35 valence electrons. The van der Waals surface area contributed by atoms with E-state index in [0.29, 0.717) is 0 Å². The van der Waals surface area contributed by atoms with E-state index in [-0.39, 0.29) is 0 Å². The Morgan fingerprint density at radius 3 is 2.17 bits per heavy atom. The van der Waals surface area contributed by atoms with E-state index < -0.39 is 10.9 Å². The molecule has 0 aromatic rings. The summed E-state index contributed by atoms with van der Waals surface area (Å²) in [5.41, 5.74) is 1.80. The SMILES string of the molecule is O=[SH](=O)N[C]=S. The van der Waals surface area contributed by atoms with Gasteiger partial charge in [-0.3, -0.25) is 4.72 Å². The molecule has 0 amide bonds. The van der Waals surface area contributed by atoms with Gasteiger partial charge in [0.05, 0.1) is 0 Å². The highest BCUT2D eigenvalue weighted by atomic mass is 32.2. The van der Waals surface area contributed by atoms with Crippen LogP contribution in [-0.4, -0.2) is 13.9 Å². The van der Waals surface area contributed by atoms with Crippen molar-refractivity contribution in [2.75, 3.05) is 0 Å². The number of thiocarbonyl (C=S) groups is 1.